The van der Waals surface area contributed by atoms with Gasteiger partial charge in [0.15, 0.2) is 0 Å². The lowest BCUT2D eigenvalue weighted by molar-refractivity contribution is 0.0494. The predicted octanol–water partition coefficient (Wildman–Crippen LogP) is 8.41. The van der Waals surface area contributed by atoms with Gasteiger partial charge in [0, 0.05) is 0 Å². The summed E-state index contributed by atoms with van der Waals surface area (Å²) in [5.74, 6) is 2.67. The molecule has 0 amide bonds. The first-order valence-corrected chi connectivity index (χ1v) is 14.9. The third-order valence-corrected chi connectivity index (χ3v) is 7.61. The summed E-state index contributed by atoms with van der Waals surface area (Å²) in [4.78, 5) is 11.9. The topological polar surface area (TPSA) is 52.3 Å². The second-order valence-corrected chi connectivity index (χ2v) is 10.6. The zero-order chi connectivity index (χ0) is 23.8. The van der Waals surface area contributed by atoms with Gasteiger partial charge < -0.3 is 10.5 Å². The average molecular weight is 478 g/mol. The lowest BCUT2D eigenvalue weighted by atomic mass is 10.0. The quantitative estimate of drug-likeness (QED) is 0.127. The Labute approximate surface area is 209 Å². The molecular weight excluding hydrogens is 426 g/mol. The van der Waals surface area contributed by atoms with Crippen molar-refractivity contribution in [3.8, 4) is 0 Å². The maximum atomic E-state index is 11.9. The number of unbranched alkanes of at least 4 members (excludes halogenated alkanes) is 13. The van der Waals surface area contributed by atoms with Crippen molar-refractivity contribution >= 4 is 17.7 Å². The first-order valence-electron chi connectivity index (χ1n) is 13.8. The zero-order valence-corrected chi connectivity index (χ0v) is 22.2. The summed E-state index contributed by atoms with van der Waals surface area (Å²) in [6.45, 7) is 3.49. The van der Waals surface area contributed by atoms with Gasteiger partial charge in [-0.3, -0.25) is 0 Å². The summed E-state index contributed by atoms with van der Waals surface area (Å²) >= 11 is 2.04. The van der Waals surface area contributed by atoms with Crippen molar-refractivity contribution in [1.82, 2.24) is 0 Å². The van der Waals surface area contributed by atoms with Gasteiger partial charge >= 0.3 is 5.97 Å². The molecule has 190 valence electrons. The number of hydrogen-bond acceptors (Lipinski definition) is 4. The van der Waals surface area contributed by atoms with Gasteiger partial charge in [0.2, 0.25) is 0 Å². The van der Waals surface area contributed by atoms with Crippen molar-refractivity contribution in [2.45, 2.75) is 110 Å². The Morgan fingerprint density at radius 2 is 1.36 bits per heavy atom. The monoisotopic (exact) mass is 477 g/mol. The second kappa shape index (κ2) is 22.8. The minimum absolute atomic E-state index is 0.230. The number of carbonyl (C=O) groups is 1. The number of hydrogen-bond donors (Lipinski definition) is 1. The molecule has 1 atom stereocenters. The first kappa shape index (κ1) is 30.0. The number of rotatable bonds is 23. The van der Waals surface area contributed by atoms with Crippen molar-refractivity contribution in [2.24, 2.45) is 11.7 Å². The van der Waals surface area contributed by atoms with Crippen LogP contribution in [-0.2, 0) is 4.74 Å². The highest BCUT2D eigenvalue weighted by Gasteiger charge is 2.09. The molecule has 0 saturated carbocycles. The number of esters is 1. The normalized spacial score (nSPS) is 12.1. The summed E-state index contributed by atoms with van der Waals surface area (Å²) in [6.07, 6.45) is 21.7. The fourth-order valence-electron chi connectivity index (χ4n) is 4.11. The fourth-order valence-corrected chi connectivity index (χ4v) is 5.32. The number of benzene rings is 1. The van der Waals surface area contributed by atoms with Crippen LogP contribution in [0.5, 0.6) is 0 Å². The summed E-state index contributed by atoms with van der Waals surface area (Å²) in [5, 5.41) is 0. The van der Waals surface area contributed by atoms with Crippen LogP contribution in [-0.4, -0.2) is 30.6 Å². The standard InChI is InChI=1S/C29H51NO2S/c1-2-3-4-5-6-7-8-9-10-11-12-13-14-18-24-33-26-27(25-30)20-19-23-32-29(31)28-21-16-15-17-22-28/h15-17,21-22,27H,2-14,18-20,23-26,30H2,1H3. The molecule has 2 N–H and O–H groups in total. The summed E-state index contributed by atoms with van der Waals surface area (Å²) in [6, 6.07) is 9.20. The SMILES string of the molecule is CCCCCCCCCCCCCCCCSCC(CN)CCCOC(=O)c1ccccc1. The Balaban J connectivity index is 1.84. The molecule has 3 nitrogen and oxygen atoms in total. The number of carbonyl (C=O) groups excluding carboxylic acids is 1. The molecule has 1 aromatic rings. The molecule has 0 saturated heterocycles. The van der Waals surface area contributed by atoms with Gasteiger partial charge in [-0.25, -0.2) is 4.79 Å². The predicted molar refractivity (Wildman–Crippen MR) is 146 cm³/mol. The molecule has 0 spiro atoms. The van der Waals surface area contributed by atoms with Crippen LogP contribution in [0.4, 0.5) is 0 Å². The Morgan fingerprint density at radius 3 is 1.91 bits per heavy atom. The van der Waals surface area contributed by atoms with E-state index in [0.717, 1.165) is 25.1 Å². The minimum Gasteiger partial charge on any atom is -0.462 e. The van der Waals surface area contributed by atoms with Crippen molar-refractivity contribution < 1.29 is 9.53 Å². The van der Waals surface area contributed by atoms with E-state index in [1.807, 2.05) is 30.0 Å². The molecule has 4 heteroatoms. The lowest BCUT2D eigenvalue weighted by Crippen LogP contribution is -2.18. The van der Waals surface area contributed by atoms with E-state index >= 15 is 0 Å². The first-order chi connectivity index (χ1) is 16.3. The van der Waals surface area contributed by atoms with Gasteiger partial charge in [-0.05, 0) is 55.4 Å². The van der Waals surface area contributed by atoms with Gasteiger partial charge in [0.1, 0.15) is 0 Å². The largest absolute Gasteiger partial charge is 0.462 e. The number of thioether (sulfide) groups is 1. The van der Waals surface area contributed by atoms with E-state index in [-0.39, 0.29) is 5.97 Å². The van der Waals surface area contributed by atoms with Crippen LogP contribution >= 0.6 is 11.8 Å². The molecule has 1 rings (SSSR count). The molecule has 0 aliphatic heterocycles. The molecule has 0 radical (unpaired) electrons. The van der Waals surface area contributed by atoms with Crippen LogP contribution in [0.25, 0.3) is 0 Å². The van der Waals surface area contributed by atoms with E-state index in [9.17, 15) is 4.79 Å². The van der Waals surface area contributed by atoms with Gasteiger partial charge in [0.25, 0.3) is 0 Å². The third-order valence-electron chi connectivity index (χ3n) is 6.33. The van der Waals surface area contributed by atoms with Crippen molar-refractivity contribution in [3.05, 3.63) is 35.9 Å². The van der Waals surface area contributed by atoms with Crippen LogP contribution in [0.1, 0.15) is 120 Å². The fraction of sp³-hybridized carbons (Fsp3) is 0.759. The molecule has 0 heterocycles. The third kappa shape index (κ3) is 18.1. The molecule has 0 bridgehead atoms. The van der Waals surface area contributed by atoms with Crippen LogP contribution in [0.3, 0.4) is 0 Å². The smallest absolute Gasteiger partial charge is 0.338 e. The van der Waals surface area contributed by atoms with Crippen LogP contribution in [0.2, 0.25) is 0 Å². The lowest BCUT2D eigenvalue weighted by Gasteiger charge is -2.14. The highest BCUT2D eigenvalue weighted by Crippen LogP contribution is 2.17. The Kier molecular flexibility index (Phi) is 20.7. The Bertz CT molecular complexity index is 552. The highest BCUT2D eigenvalue weighted by atomic mass is 32.2. The maximum absolute atomic E-state index is 11.9. The average Bonchev–Trinajstić information content (AvgIpc) is 2.85. The summed E-state index contributed by atoms with van der Waals surface area (Å²) in [7, 11) is 0. The van der Waals surface area contributed by atoms with E-state index in [0.29, 0.717) is 18.1 Å². The minimum atomic E-state index is -0.230. The van der Waals surface area contributed by atoms with Crippen molar-refractivity contribution in [3.63, 3.8) is 0 Å². The van der Waals surface area contributed by atoms with E-state index in [1.54, 1.807) is 12.1 Å². The molecule has 0 aliphatic carbocycles. The van der Waals surface area contributed by atoms with E-state index in [4.69, 9.17) is 10.5 Å². The van der Waals surface area contributed by atoms with Crippen molar-refractivity contribution in [2.75, 3.05) is 24.7 Å². The molecule has 1 unspecified atom stereocenters. The molecule has 0 aliphatic rings. The highest BCUT2D eigenvalue weighted by molar-refractivity contribution is 7.99. The van der Waals surface area contributed by atoms with Crippen LogP contribution < -0.4 is 5.73 Å². The molecule has 1 aromatic carbocycles. The number of ether oxygens (including phenoxy) is 1. The van der Waals surface area contributed by atoms with Crippen molar-refractivity contribution in [1.29, 1.82) is 0 Å². The molecule has 0 fully saturated rings. The van der Waals surface area contributed by atoms with Gasteiger partial charge in [-0.2, -0.15) is 11.8 Å². The molecule has 33 heavy (non-hydrogen) atoms. The summed E-state index contributed by atoms with van der Waals surface area (Å²) in [5.41, 5.74) is 6.57. The van der Waals surface area contributed by atoms with E-state index in [1.165, 1.54) is 95.6 Å². The zero-order valence-electron chi connectivity index (χ0n) is 21.4. The van der Waals surface area contributed by atoms with Gasteiger partial charge in [0.05, 0.1) is 12.2 Å². The summed E-state index contributed by atoms with van der Waals surface area (Å²) < 4.78 is 5.37. The van der Waals surface area contributed by atoms with Gasteiger partial charge in [-0.1, -0.05) is 109 Å². The number of nitrogens with two attached hydrogens (primary N) is 1. The maximum Gasteiger partial charge on any atom is 0.338 e. The molecule has 0 aromatic heterocycles. The van der Waals surface area contributed by atoms with E-state index < -0.39 is 0 Å². The second-order valence-electron chi connectivity index (χ2n) is 9.42. The Hall–Kier alpha value is -1.00. The molecular formula is C29H51NO2S. The van der Waals surface area contributed by atoms with E-state index in [2.05, 4.69) is 6.92 Å². The van der Waals surface area contributed by atoms with Crippen LogP contribution in [0.15, 0.2) is 30.3 Å². The van der Waals surface area contributed by atoms with Gasteiger partial charge in [-0.15, -0.1) is 0 Å². The van der Waals surface area contributed by atoms with Crippen LogP contribution in [0, 0.1) is 5.92 Å². The Morgan fingerprint density at radius 1 is 0.818 bits per heavy atom.